The third-order valence-electron chi connectivity index (χ3n) is 5.69. The first kappa shape index (κ1) is 16.7. The first-order valence-corrected chi connectivity index (χ1v) is 9.16. The van der Waals surface area contributed by atoms with Crippen molar-refractivity contribution < 1.29 is 19.0 Å². The molecule has 5 nitrogen and oxygen atoms in total. The van der Waals surface area contributed by atoms with Crippen molar-refractivity contribution in [2.24, 2.45) is 5.92 Å². The minimum Gasteiger partial charge on any atom is -0.493 e. The van der Waals surface area contributed by atoms with E-state index < -0.39 is 0 Å². The van der Waals surface area contributed by atoms with Gasteiger partial charge in [-0.25, -0.2) is 0 Å². The Kier molecular flexibility index (Phi) is 3.95. The van der Waals surface area contributed by atoms with E-state index in [9.17, 15) is 4.79 Å². The summed E-state index contributed by atoms with van der Waals surface area (Å²) in [5.41, 5.74) is 2.33. The van der Waals surface area contributed by atoms with Crippen LogP contribution in [0.5, 0.6) is 11.5 Å². The summed E-state index contributed by atoms with van der Waals surface area (Å²) in [5, 5.41) is 0. The molecule has 2 heterocycles. The van der Waals surface area contributed by atoms with Crippen LogP contribution in [0.25, 0.3) is 0 Å². The predicted octanol–water partition coefficient (Wildman–Crippen LogP) is 3.11. The monoisotopic (exact) mass is 345 g/mol. The molecule has 3 aliphatic rings. The molecule has 1 saturated heterocycles. The summed E-state index contributed by atoms with van der Waals surface area (Å²) in [6.07, 6.45) is 3.73. The lowest BCUT2D eigenvalue weighted by Gasteiger charge is -2.46. The molecule has 2 atom stereocenters. The Hall–Kier alpha value is -1.75. The van der Waals surface area contributed by atoms with Crippen LogP contribution in [-0.4, -0.2) is 43.3 Å². The third-order valence-corrected chi connectivity index (χ3v) is 5.69. The van der Waals surface area contributed by atoms with Gasteiger partial charge in [-0.3, -0.25) is 4.79 Å². The highest BCUT2D eigenvalue weighted by Crippen LogP contribution is 2.50. The van der Waals surface area contributed by atoms with E-state index in [1.807, 2.05) is 13.8 Å². The molecular weight excluding hydrogens is 318 g/mol. The van der Waals surface area contributed by atoms with Gasteiger partial charge in [0.1, 0.15) is 6.10 Å². The number of carbonyl (C=O) groups excluding carboxylic acids is 1. The Morgan fingerprint density at radius 2 is 1.84 bits per heavy atom. The normalized spacial score (nSPS) is 27.3. The highest BCUT2D eigenvalue weighted by molar-refractivity contribution is 5.83. The molecule has 5 heteroatoms. The van der Waals surface area contributed by atoms with Crippen LogP contribution in [0.4, 0.5) is 0 Å². The van der Waals surface area contributed by atoms with Crippen LogP contribution in [0.1, 0.15) is 50.3 Å². The molecule has 2 aliphatic heterocycles. The number of fused-ring (bicyclic) bond motifs is 1. The maximum absolute atomic E-state index is 13.0. The van der Waals surface area contributed by atoms with Crippen LogP contribution in [0.15, 0.2) is 12.1 Å². The third kappa shape index (κ3) is 2.88. The highest BCUT2D eigenvalue weighted by atomic mass is 16.5. The molecule has 25 heavy (non-hydrogen) atoms. The molecular formula is C20H27NO4. The summed E-state index contributed by atoms with van der Waals surface area (Å²) < 4.78 is 16.8. The maximum Gasteiger partial charge on any atom is 0.252 e. The Balaban J connectivity index is 1.65. The standard InChI is InChI=1S/C20H27NO4/c1-20(2)11-17(25-20)19(22)21-8-7-13-9-15(23-3)16(24-4)10-14(13)18(21)12-5-6-12/h9-10,12,17-18H,5-8,11H2,1-4H3. The molecule has 0 aromatic heterocycles. The molecule has 136 valence electrons. The molecule has 2 unspecified atom stereocenters. The molecule has 1 amide bonds. The van der Waals surface area contributed by atoms with E-state index in [1.54, 1.807) is 14.2 Å². The topological polar surface area (TPSA) is 48.0 Å². The van der Waals surface area contributed by atoms with E-state index in [0.29, 0.717) is 5.92 Å². The minimum absolute atomic E-state index is 0.142. The number of hydrogen-bond donors (Lipinski definition) is 0. The van der Waals surface area contributed by atoms with Gasteiger partial charge in [0, 0.05) is 13.0 Å². The first-order chi connectivity index (χ1) is 11.9. The zero-order valence-corrected chi connectivity index (χ0v) is 15.5. The molecule has 0 N–H and O–H groups in total. The second-order valence-corrected chi connectivity index (χ2v) is 8.04. The van der Waals surface area contributed by atoms with Crippen molar-refractivity contribution in [1.82, 2.24) is 4.90 Å². The molecule has 1 aromatic rings. The van der Waals surface area contributed by atoms with Gasteiger partial charge in [-0.05, 0) is 62.3 Å². The Morgan fingerprint density at radius 1 is 1.20 bits per heavy atom. The van der Waals surface area contributed by atoms with Crippen molar-refractivity contribution in [3.63, 3.8) is 0 Å². The van der Waals surface area contributed by atoms with Crippen LogP contribution >= 0.6 is 0 Å². The van der Waals surface area contributed by atoms with Gasteiger partial charge < -0.3 is 19.1 Å². The number of amides is 1. The number of methoxy groups -OCH3 is 2. The van der Waals surface area contributed by atoms with Gasteiger partial charge in [0.05, 0.1) is 25.9 Å². The Labute approximate surface area is 149 Å². The second kappa shape index (κ2) is 5.90. The van der Waals surface area contributed by atoms with E-state index in [2.05, 4.69) is 17.0 Å². The molecule has 4 rings (SSSR count). The SMILES string of the molecule is COc1cc2c(cc1OC)C(C1CC1)N(C(=O)C1CC(C)(C)O1)CC2. The number of rotatable bonds is 4. The van der Waals surface area contributed by atoms with Crippen molar-refractivity contribution in [3.05, 3.63) is 23.3 Å². The fraction of sp³-hybridized carbons (Fsp3) is 0.650. The number of nitrogens with zero attached hydrogens (tertiary/aromatic N) is 1. The predicted molar refractivity (Wildman–Crippen MR) is 94.0 cm³/mol. The Morgan fingerprint density at radius 3 is 2.40 bits per heavy atom. The van der Waals surface area contributed by atoms with Crippen LogP contribution in [0.3, 0.4) is 0 Å². The van der Waals surface area contributed by atoms with Crippen LogP contribution in [0, 0.1) is 5.92 Å². The van der Waals surface area contributed by atoms with Gasteiger partial charge in [0.15, 0.2) is 11.5 Å². The van der Waals surface area contributed by atoms with E-state index in [4.69, 9.17) is 14.2 Å². The van der Waals surface area contributed by atoms with Gasteiger partial charge in [-0.2, -0.15) is 0 Å². The maximum atomic E-state index is 13.0. The molecule has 1 aromatic carbocycles. The number of hydrogen-bond acceptors (Lipinski definition) is 4. The van der Waals surface area contributed by atoms with Gasteiger partial charge in [0.25, 0.3) is 5.91 Å². The number of carbonyl (C=O) groups is 1. The molecule has 1 aliphatic carbocycles. The summed E-state index contributed by atoms with van der Waals surface area (Å²) in [6.45, 7) is 4.83. The number of ether oxygens (including phenoxy) is 3. The molecule has 0 spiro atoms. The van der Waals surface area contributed by atoms with E-state index in [-0.39, 0.29) is 23.7 Å². The Bertz CT molecular complexity index is 687. The second-order valence-electron chi connectivity index (χ2n) is 8.04. The summed E-state index contributed by atoms with van der Waals surface area (Å²) >= 11 is 0. The minimum atomic E-state index is -0.280. The van der Waals surface area contributed by atoms with Gasteiger partial charge in [-0.15, -0.1) is 0 Å². The highest BCUT2D eigenvalue weighted by Gasteiger charge is 2.48. The van der Waals surface area contributed by atoms with Crippen molar-refractivity contribution in [2.75, 3.05) is 20.8 Å². The summed E-state index contributed by atoms with van der Waals surface area (Å²) in [7, 11) is 3.32. The fourth-order valence-corrected chi connectivity index (χ4v) is 4.29. The van der Waals surface area contributed by atoms with Gasteiger partial charge in [-0.1, -0.05) is 0 Å². The zero-order chi connectivity index (χ0) is 17.8. The van der Waals surface area contributed by atoms with Gasteiger partial charge >= 0.3 is 0 Å². The van der Waals surface area contributed by atoms with E-state index >= 15 is 0 Å². The van der Waals surface area contributed by atoms with Crippen molar-refractivity contribution in [1.29, 1.82) is 0 Å². The van der Waals surface area contributed by atoms with Crippen LogP contribution in [0.2, 0.25) is 0 Å². The summed E-state index contributed by atoms with van der Waals surface area (Å²) in [5.74, 6) is 2.20. The lowest BCUT2D eigenvalue weighted by molar-refractivity contribution is -0.202. The average Bonchev–Trinajstić information content (AvgIpc) is 3.41. The molecule has 0 bridgehead atoms. The smallest absolute Gasteiger partial charge is 0.252 e. The first-order valence-electron chi connectivity index (χ1n) is 9.16. The van der Waals surface area contributed by atoms with Gasteiger partial charge in [0.2, 0.25) is 0 Å². The number of benzene rings is 1. The van der Waals surface area contributed by atoms with E-state index in [1.165, 1.54) is 24.0 Å². The zero-order valence-electron chi connectivity index (χ0n) is 15.5. The van der Waals surface area contributed by atoms with Crippen molar-refractivity contribution in [3.8, 4) is 11.5 Å². The molecule has 1 saturated carbocycles. The molecule has 0 radical (unpaired) electrons. The molecule has 2 fully saturated rings. The van der Waals surface area contributed by atoms with E-state index in [0.717, 1.165) is 30.9 Å². The van der Waals surface area contributed by atoms with Crippen molar-refractivity contribution in [2.45, 2.75) is 57.3 Å². The van der Waals surface area contributed by atoms with Crippen molar-refractivity contribution >= 4 is 5.91 Å². The summed E-state index contributed by atoms with van der Waals surface area (Å²) in [6, 6.07) is 4.29. The summed E-state index contributed by atoms with van der Waals surface area (Å²) in [4.78, 5) is 15.1. The average molecular weight is 345 g/mol. The lowest BCUT2D eigenvalue weighted by Crippen LogP contribution is -2.56. The van der Waals surface area contributed by atoms with Crippen LogP contribution < -0.4 is 9.47 Å². The quantitative estimate of drug-likeness (QED) is 0.841. The fourth-order valence-electron chi connectivity index (χ4n) is 4.29. The largest absolute Gasteiger partial charge is 0.493 e. The lowest BCUT2D eigenvalue weighted by atomic mass is 9.87. The van der Waals surface area contributed by atoms with Crippen LogP contribution in [-0.2, 0) is 16.0 Å².